The van der Waals surface area contributed by atoms with E-state index in [2.05, 4.69) is 81.1 Å². The molecule has 1 radical (unpaired) electrons. The van der Waals surface area contributed by atoms with Gasteiger partial charge < -0.3 is 5.11 Å². The van der Waals surface area contributed by atoms with E-state index in [0.29, 0.717) is 11.6 Å². The minimum absolute atomic E-state index is 0. The molecule has 5 aromatic rings. The second-order valence-corrected chi connectivity index (χ2v) is 15.4. The largest absolute Gasteiger partial charge is 0.512 e. The third-order valence-electron chi connectivity index (χ3n) is 11.5. The Hall–Kier alpha value is -3.62. The van der Waals surface area contributed by atoms with Gasteiger partial charge in [0.25, 0.3) is 0 Å². The van der Waals surface area contributed by atoms with E-state index in [-0.39, 0.29) is 42.5 Å². The number of allylic oxidation sites excluding steroid dienone is 2. The number of hydrogen-bond donors (Lipinski definition) is 1. The smallest absolute Gasteiger partial charge is 0.187 e. The molecule has 5 rings (SSSR count). The molecule has 0 aliphatic rings. The van der Waals surface area contributed by atoms with E-state index in [1.165, 1.54) is 43.1 Å². The normalized spacial score (nSPS) is 12.0. The van der Waals surface area contributed by atoms with Gasteiger partial charge in [-0.05, 0) is 68.0 Å². The average molecular weight is 892 g/mol. The summed E-state index contributed by atoms with van der Waals surface area (Å²) in [6, 6.07) is 22.7. The van der Waals surface area contributed by atoms with Gasteiger partial charge >= 0.3 is 0 Å². The monoisotopic (exact) mass is 892 g/mol. The predicted octanol–water partition coefficient (Wildman–Crippen LogP) is 14.3. The first-order valence-electron chi connectivity index (χ1n) is 18.6. The van der Waals surface area contributed by atoms with Crippen LogP contribution >= 0.6 is 11.3 Å². The fourth-order valence-electron chi connectivity index (χ4n) is 6.70. The molecule has 277 valence electrons. The van der Waals surface area contributed by atoms with Crippen molar-refractivity contribution in [2.75, 3.05) is 0 Å². The summed E-state index contributed by atoms with van der Waals surface area (Å²) in [5, 5.41) is 13.8. The Morgan fingerprint density at radius 3 is 2.13 bits per heavy atom. The first-order valence-corrected chi connectivity index (χ1v) is 19.4. The van der Waals surface area contributed by atoms with Crippen molar-refractivity contribution in [3.05, 3.63) is 107 Å². The van der Waals surface area contributed by atoms with Crippen LogP contribution in [0, 0.1) is 37.3 Å². The standard InChI is InChI=1S/C31H27N2S.C15H28O2.Ir/c1-6-21(7-2)28-18-23(17-22-10-8-9-11-27(22)28)29-31-26(14-15-33-29)20(4)30(34-31)25-13-12-24(32-5)16-19(25)3;1-7-14(5,8-2)12(16)11-13(17)15(6,9-3)10-4;/h8-16,18,21H,6-7H2,1-4H3;11,16H,7-10H2,1-6H3;/q-1;;/b;12-11-;. The Labute approximate surface area is 330 Å². The number of benzene rings is 3. The summed E-state index contributed by atoms with van der Waals surface area (Å²) in [7, 11) is 0. The molecular weight excluding hydrogens is 837 g/mol. The van der Waals surface area contributed by atoms with Gasteiger partial charge in [-0.1, -0.05) is 121 Å². The number of hydrogen-bond acceptors (Lipinski definition) is 4. The predicted molar refractivity (Wildman–Crippen MR) is 219 cm³/mol. The number of aromatic nitrogens is 1. The van der Waals surface area contributed by atoms with Crippen molar-refractivity contribution in [2.24, 2.45) is 10.8 Å². The van der Waals surface area contributed by atoms with Gasteiger partial charge in [0.15, 0.2) is 11.5 Å². The number of carbonyl (C=O) groups excluding carboxylic acids is 1. The molecule has 1 N–H and O–H groups in total. The third-order valence-corrected chi connectivity index (χ3v) is 12.9. The number of rotatable bonds is 12. The molecule has 0 bridgehead atoms. The topological polar surface area (TPSA) is 54.5 Å². The quantitative estimate of drug-likeness (QED) is 0.0771. The van der Waals surface area contributed by atoms with Crippen molar-refractivity contribution in [1.29, 1.82) is 0 Å². The van der Waals surface area contributed by atoms with Crippen molar-refractivity contribution in [3.8, 4) is 21.7 Å². The summed E-state index contributed by atoms with van der Waals surface area (Å²) in [5.74, 6) is 0.801. The van der Waals surface area contributed by atoms with Gasteiger partial charge in [-0.25, -0.2) is 4.85 Å². The van der Waals surface area contributed by atoms with E-state index in [9.17, 15) is 9.90 Å². The Morgan fingerprint density at radius 1 is 0.923 bits per heavy atom. The Kier molecular flexibility index (Phi) is 15.2. The Morgan fingerprint density at radius 2 is 1.56 bits per heavy atom. The maximum Gasteiger partial charge on any atom is 0.187 e. The van der Waals surface area contributed by atoms with Crippen LogP contribution in [0.15, 0.2) is 72.6 Å². The second kappa shape index (κ2) is 18.4. The molecule has 52 heavy (non-hydrogen) atoms. The van der Waals surface area contributed by atoms with Crippen molar-refractivity contribution >= 4 is 43.7 Å². The van der Waals surface area contributed by atoms with Gasteiger partial charge in [0.2, 0.25) is 0 Å². The number of pyridine rings is 1. The van der Waals surface area contributed by atoms with E-state index >= 15 is 0 Å². The molecule has 6 heteroatoms. The van der Waals surface area contributed by atoms with Crippen LogP contribution in [0.1, 0.15) is 117 Å². The molecule has 0 saturated heterocycles. The first kappa shape index (κ1) is 42.8. The summed E-state index contributed by atoms with van der Waals surface area (Å²) in [5.41, 5.74) is 7.14. The fourth-order valence-corrected chi connectivity index (χ4v) is 8.10. The molecule has 0 atom stereocenters. The number of ketones is 1. The maximum absolute atomic E-state index is 12.2. The summed E-state index contributed by atoms with van der Waals surface area (Å²) in [6.07, 6.45) is 8.91. The van der Waals surface area contributed by atoms with E-state index in [1.54, 1.807) is 11.3 Å². The van der Waals surface area contributed by atoms with Gasteiger partial charge in [-0.3, -0.25) is 9.78 Å². The van der Waals surface area contributed by atoms with E-state index in [0.717, 1.165) is 60.7 Å². The molecule has 2 aromatic heterocycles. The first-order chi connectivity index (χ1) is 24.3. The van der Waals surface area contributed by atoms with E-state index in [4.69, 9.17) is 11.6 Å². The Bertz CT molecular complexity index is 2070. The number of aliphatic hydroxyl groups excluding tert-OH is 1. The minimum atomic E-state index is -0.337. The van der Waals surface area contributed by atoms with Crippen LogP contribution in [0.2, 0.25) is 0 Å². The molecule has 0 unspecified atom stereocenters. The van der Waals surface area contributed by atoms with Crippen molar-refractivity contribution in [3.63, 3.8) is 0 Å². The zero-order valence-electron chi connectivity index (χ0n) is 32.7. The van der Waals surface area contributed by atoms with Gasteiger partial charge in [0.05, 0.1) is 6.57 Å². The molecule has 0 fully saturated rings. The Balaban J connectivity index is 0.000000347. The van der Waals surface area contributed by atoms with Crippen molar-refractivity contribution < 1.29 is 30.0 Å². The van der Waals surface area contributed by atoms with Gasteiger partial charge in [-0.15, -0.1) is 40.5 Å². The average Bonchev–Trinajstić information content (AvgIpc) is 3.50. The number of carbonyl (C=O) groups is 1. The SMILES string of the molecule is CCC(C)(CC)C(=O)/C=C(\O)C(C)(CC)CC.[C-]#[N+]c1ccc(-c2sc3c(-c4[c-]c5ccccc5c(C(CC)CC)c4)nccc3c2C)c(C)c1.[Ir]. The number of aliphatic hydroxyl groups is 1. The molecule has 2 heterocycles. The summed E-state index contributed by atoms with van der Waals surface area (Å²) in [6.45, 7) is 28.2. The maximum atomic E-state index is 12.2. The van der Waals surface area contributed by atoms with Crippen LogP contribution in [-0.2, 0) is 24.9 Å². The van der Waals surface area contributed by atoms with Crippen LogP contribution in [-0.4, -0.2) is 15.9 Å². The molecule has 0 saturated carbocycles. The van der Waals surface area contributed by atoms with Crippen molar-refractivity contribution in [2.45, 2.75) is 114 Å². The summed E-state index contributed by atoms with van der Waals surface area (Å²) < 4.78 is 1.20. The number of thiophene rings is 1. The minimum Gasteiger partial charge on any atom is -0.512 e. The molecule has 4 nitrogen and oxygen atoms in total. The van der Waals surface area contributed by atoms with Crippen LogP contribution < -0.4 is 0 Å². The van der Waals surface area contributed by atoms with Crippen LogP contribution in [0.25, 0.3) is 47.4 Å². The van der Waals surface area contributed by atoms with Crippen LogP contribution in [0.5, 0.6) is 0 Å². The van der Waals surface area contributed by atoms with Crippen molar-refractivity contribution in [1.82, 2.24) is 4.98 Å². The molecule has 0 aliphatic carbocycles. The van der Waals surface area contributed by atoms with E-state index < -0.39 is 0 Å². The van der Waals surface area contributed by atoms with Gasteiger partial charge in [0.1, 0.15) is 5.76 Å². The number of nitrogens with zero attached hydrogens (tertiary/aromatic N) is 2. The zero-order valence-corrected chi connectivity index (χ0v) is 35.9. The van der Waals surface area contributed by atoms with Gasteiger partial charge in [0, 0.05) is 58.5 Å². The number of aryl methyl sites for hydroxylation is 2. The summed E-state index contributed by atoms with van der Waals surface area (Å²) >= 11 is 1.80. The summed E-state index contributed by atoms with van der Waals surface area (Å²) in [4.78, 5) is 21.9. The van der Waals surface area contributed by atoms with Crippen LogP contribution in [0.3, 0.4) is 0 Å². The molecule has 0 amide bonds. The van der Waals surface area contributed by atoms with E-state index in [1.807, 2.05) is 59.9 Å². The van der Waals surface area contributed by atoms with Gasteiger partial charge in [-0.2, -0.15) is 0 Å². The second-order valence-electron chi connectivity index (χ2n) is 14.3. The zero-order chi connectivity index (χ0) is 37.5. The number of fused-ring (bicyclic) bond motifs is 2. The molecule has 3 aromatic carbocycles. The molecule has 0 aliphatic heterocycles. The molecular formula is C46H55IrN2O2S-. The fraction of sp³-hybridized carbons (Fsp3) is 0.413. The third kappa shape index (κ3) is 8.77. The van der Waals surface area contributed by atoms with Crippen LogP contribution in [0.4, 0.5) is 5.69 Å². The molecule has 0 spiro atoms.